The van der Waals surface area contributed by atoms with Crippen LogP contribution in [0.2, 0.25) is 0 Å². The minimum Gasteiger partial charge on any atom is -0.394 e. The molecule has 0 spiro atoms. The van der Waals surface area contributed by atoms with Crippen molar-refractivity contribution in [1.82, 2.24) is 0 Å². The molecular weight excluding hydrogens is 304 g/mol. The lowest BCUT2D eigenvalue weighted by molar-refractivity contribution is -0.328. The van der Waals surface area contributed by atoms with Crippen molar-refractivity contribution in [1.29, 1.82) is 0 Å². The first-order valence-corrected chi connectivity index (χ1v) is 8.07. The molecule has 23 heavy (non-hydrogen) atoms. The van der Waals surface area contributed by atoms with Crippen LogP contribution in [0.3, 0.4) is 0 Å². The number of hydrogen-bond donors (Lipinski definition) is 5. The van der Waals surface area contributed by atoms with Gasteiger partial charge < -0.3 is 35.0 Å². The van der Waals surface area contributed by atoms with Gasteiger partial charge in [0.1, 0.15) is 24.4 Å². The van der Waals surface area contributed by atoms with E-state index in [9.17, 15) is 20.4 Å². The average Bonchev–Trinajstić information content (AvgIpc) is 2.55. The summed E-state index contributed by atoms with van der Waals surface area (Å²) in [4.78, 5) is 0. The molecule has 1 aliphatic heterocycles. The quantitative estimate of drug-likeness (QED) is 0.422. The van der Waals surface area contributed by atoms with Crippen LogP contribution < -0.4 is 0 Å². The van der Waals surface area contributed by atoms with Gasteiger partial charge in [-0.3, -0.25) is 0 Å². The van der Waals surface area contributed by atoms with Gasteiger partial charge in [-0.25, -0.2) is 0 Å². The lowest BCUT2D eigenvalue weighted by atomic mass is 9.79. The van der Waals surface area contributed by atoms with Gasteiger partial charge in [0.25, 0.3) is 0 Å². The van der Waals surface area contributed by atoms with E-state index in [1.807, 2.05) is 19.9 Å². The Morgan fingerprint density at radius 3 is 2.39 bits per heavy atom. The van der Waals surface area contributed by atoms with Crippen LogP contribution in [0.1, 0.15) is 33.1 Å². The maximum atomic E-state index is 10.1. The average molecular weight is 332 g/mol. The van der Waals surface area contributed by atoms with Crippen molar-refractivity contribution >= 4 is 0 Å². The van der Waals surface area contributed by atoms with Gasteiger partial charge in [-0.15, -0.1) is 0 Å². The number of allylic oxidation sites excluding steroid dienone is 1. The number of rotatable bonds is 5. The molecule has 0 aromatic carbocycles. The molecule has 0 bridgehead atoms. The Morgan fingerprint density at radius 1 is 1.17 bits per heavy atom. The Hall–Kier alpha value is -0.540. The summed E-state index contributed by atoms with van der Waals surface area (Å²) in [5.41, 5.74) is 0.385. The third-order valence-corrected chi connectivity index (χ3v) is 4.96. The van der Waals surface area contributed by atoms with E-state index in [1.165, 1.54) is 0 Å². The summed E-state index contributed by atoms with van der Waals surface area (Å²) < 4.78 is 11.3. The highest BCUT2D eigenvalue weighted by atomic mass is 16.7. The van der Waals surface area contributed by atoms with Crippen LogP contribution in [-0.2, 0) is 9.47 Å². The summed E-state index contributed by atoms with van der Waals surface area (Å²) in [5.74, 6) is 0.171. The molecule has 5 N–H and O–H groups in total. The molecule has 7 nitrogen and oxygen atoms in total. The largest absolute Gasteiger partial charge is 0.394 e. The molecule has 0 radical (unpaired) electrons. The second-order valence-corrected chi connectivity index (χ2v) is 6.91. The first-order chi connectivity index (χ1) is 10.8. The molecule has 134 valence electrons. The third-order valence-electron chi connectivity index (χ3n) is 4.96. The second-order valence-electron chi connectivity index (χ2n) is 6.91. The molecule has 1 heterocycles. The summed E-state index contributed by atoms with van der Waals surface area (Å²) in [6, 6.07) is 0. The molecule has 6 unspecified atom stereocenters. The smallest absolute Gasteiger partial charge is 0.187 e. The van der Waals surface area contributed by atoms with Crippen LogP contribution in [0.25, 0.3) is 0 Å². The fraction of sp³-hybridized carbons (Fsp3) is 0.875. The number of aliphatic hydroxyl groups is 5. The lowest BCUT2D eigenvalue weighted by Crippen LogP contribution is -2.60. The third kappa shape index (κ3) is 4.11. The minimum absolute atomic E-state index is 0.0702. The van der Waals surface area contributed by atoms with Crippen molar-refractivity contribution < 1.29 is 35.0 Å². The molecular formula is C16H28O7. The van der Waals surface area contributed by atoms with Crippen molar-refractivity contribution in [2.24, 2.45) is 5.92 Å². The van der Waals surface area contributed by atoms with Crippen LogP contribution in [0.4, 0.5) is 0 Å². The van der Waals surface area contributed by atoms with Gasteiger partial charge in [-0.1, -0.05) is 6.08 Å². The summed E-state index contributed by atoms with van der Waals surface area (Å²) in [7, 11) is 0. The van der Waals surface area contributed by atoms with Gasteiger partial charge in [0.2, 0.25) is 0 Å². The van der Waals surface area contributed by atoms with Crippen molar-refractivity contribution in [3.05, 3.63) is 11.6 Å². The molecule has 2 aliphatic rings. The van der Waals surface area contributed by atoms with E-state index in [-0.39, 0.29) is 12.5 Å². The Bertz CT molecular complexity index is 421. The highest BCUT2D eigenvalue weighted by Crippen LogP contribution is 2.36. The Morgan fingerprint density at radius 2 is 1.87 bits per heavy atom. The summed E-state index contributed by atoms with van der Waals surface area (Å²) in [6.07, 6.45) is -1.91. The Balaban J connectivity index is 2.03. The Labute approximate surface area is 136 Å². The second kappa shape index (κ2) is 7.57. The normalized spacial score (nSPS) is 39.2. The number of ether oxygens (including phenoxy) is 2. The highest BCUT2D eigenvalue weighted by Gasteiger charge is 2.46. The molecule has 0 amide bonds. The van der Waals surface area contributed by atoms with E-state index < -0.39 is 42.9 Å². The molecule has 7 heteroatoms. The number of hydrogen-bond acceptors (Lipinski definition) is 7. The monoisotopic (exact) mass is 332 g/mol. The first kappa shape index (κ1) is 18.8. The van der Waals surface area contributed by atoms with E-state index >= 15 is 0 Å². The van der Waals surface area contributed by atoms with Crippen LogP contribution >= 0.6 is 0 Å². The van der Waals surface area contributed by atoms with Crippen LogP contribution in [0, 0.1) is 5.92 Å². The van der Waals surface area contributed by atoms with Gasteiger partial charge in [0.05, 0.1) is 18.8 Å². The van der Waals surface area contributed by atoms with Crippen molar-refractivity contribution in [3.8, 4) is 0 Å². The van der Waals surface area contributed by atoms with E-state index in [2.05, 4.69) is 0 Å². The van der Waals surface area contributed by atoms with Crippen molar-refractivity contribution in [2.75, 3.05) is 13.2 Å². The molecule has 1 fully saturated rings. The molecule has 0 aromatic rings. The predicted molar refractivity (Wildman–Crippen MR) is 81.4 cm³/mol. The predicted octanol–water partition coefficient (Wildman–Crippen LogP) is -0.700. The standard InChI is InChI=1S/C16H28O7/c1-16(2,10-5-3-9(7-17)4-6-10)23-15-14(21)13(20)12(19)11(8-18)22-15/h3,10-15,17-21H,4-8H2,1-2H3. The van der Waals surface area contributed by atoms with Crippen molar-refractivity contribution in [2.45, 2.75) is 69.4 Å². The summed E-state index contributed by atoms with van der Waals surface area (Å²) >= 11 is 0. The molecule has 1 saturated heterocycles. The lowest BCUT2D eigenvalue weighted by Gasteiger charge is -2.45. The Kier molecular flexibility index (Phi) is 6.18. The highest BCUT2D eigenvalue weighted by molar-refractivity contribution is 5.08. The maximum Gasteiger partial charge on any atom is 0.187 e. The fourth-order valence-corrected chi connectivity index (χ4v) is 3.22. The molecule has 0 aromatic heterocycles. The zero-order chi connectivity index (χ0) is 17.2. The van der Waals surface area contributed by atoms with Crippen LogP contribution in [-0.4, -0.2) is 75.1 Å². The van der Waals surface area contributed by atoms with E-state index in [4.69, 9.17) is 14.6 Å². The minimum atomic E-state index is -1.44. The van der Waals surface area contributed by atoms with Gasteiger partial charge in [0, 0.05) is 0 Å². The molecule has 6 atom stereocenters. The molecule has 2 rings (SSSR count). The van der Waals surface area contributed by atoms with E-state index in [0.29, 0.717) is 0 Å². The van der Waals surface area contributed by atoms with Crippen molar-refractivity contribution in [3.63, 3.8) is 0 Å². The van der Waals surface area contributed by atoms with E-state index in [0.717, 1.165) is 24.8 Å². The summed E-state index contributed by atoms with van der Waals surface area (Å²) in [6.45, 7) is 3.37. The maximum absolute atomic E-state index is 10.1. The van der Waals surface area contributed by atoms with E-state index in [1.54, 1.807) is 0 Å². The van der Waals surface area contributed by atoms with Gasteiger partial charge in [0.15, 0.2) is 6.29 Å². The van der Waals surface area contributed by atoms with Gasteiger partial charge in [-0.2, -0.15) is 0 Å². The van der Waals surface area contributed by atoms with Crippen LogP contribution in [0.5, 0.6) is 0 Å². The SMILES string of the molecule is CC(C)(OC1OC(CO)C(O)C(O)C1O)C1CC=C(CO)CC1. The first-order valence-electron chi connectivity index (χ1n) is 8.07. The molecule has 0 saturated carbocycles. The summed E-state index contributed by atoms with van der Waals surface area (Å²) in [5, 5.41) is 48.1. The van der Waals surface area contributed by atoms with Gasteiger partial charge in [-0.05, 0) is 44.6 Å². The zero-order valence-corrected chi connectivity index (χ0v) is 13.6. The number of aliphatic hydroxyl groups excluding tert-OH is 5. The fourth-order valence-electron chi connectivity index (χ4n) is 3.22. The topological polar surface area (TPSA) is 120 Å². The van der Waals surface area contributed by atoms with Crippen LogP contribution in [0.15, 0.2) is 11.6 Å². The van der Waals surface area contributed by atoms with Gasteiger partial charge >= 0.3 is 0 Å². The zero-order valence-electron chi connectivity index (χ0n) is 13.6. The molecule has 1 aliphatic carbocycles.